The molecule has 1 unspecified atom stereocenters. The Balaban J connectivity index is 0.000000202. The number of β-amino-alcohol motifs (C(OH)–C–C–N with tert-alkyl or cyclic N) is 1. The number of piperidine rings is 1. The zero-order valence-electron chi connectivity index (χ0n) is 20.6. The van der Waals surface area contributed by atoms with Crippen LogP contribution in [0.1, 0.15) is 18.4 Å². The van der Waals surface area contributed by atoms with Gasteiger partial charge in [-0.3, -0.25) is 14.6 Å². The van der Waals surface area contributed by atoms with Gasteiger partial charge in [-0.25, -0.2) is 9.97 Å². The third kappa shape index (κ3) is 5.46. The number of ether oxygens (including phenoxy) is 1. The minimum atomic E-state index is -0.0932. The van der Waals surface area contributed by atoms with Gasteiger partial charge >= 0.3 is 0 Å². The van der Waals surface area contributed by atoms with Gasteiger partial charge in [-0.05, 0) is 55.5 Å². The molecule has 4 aromatic heterocycles. The second-order valence-electron chi connectivity index (χ2n) is 9.38. The molecular weight excluding hydrogens is 456 g/mol. The number of nitrogens with zero attached hydrogens (tertiary/aromatic N) is 6. The van der Waals surface area contributed by atoms with Crippen molar-refractivity contribution in [2.75, 3.05) is 37.4 Å². The zero-order valence-corrected chi connectivity index (χ0v) is 20.6. The lowest BCUT2D eigenvalue weighted by Crippen LogP contribution is -2.53. The Bertz CT molecular complexity index is 1340. The van der Waals surface area contributed by atoms with E-state index in [1.54, 1.807) is 29.5 Å². The van der Waals surface area contributed by atoms with Crippen molar-refractivity contribution in [3.05, 3.63) is 54.7 Å². The Morgan fingerprint density at radius 1 is 1.19 bits per heavy atom. The number of anilines is 3. The standard InChI is InChI=1S/C18H17N7.C8H15NO2/c1-11-3-4-20-8-14(11)16-5-12-6-17(21-9-15(12)18(19)24-16)23-13-7-22-25(2)10-13;10-8-2-1-3-9(4-8)7-5-11-6-7/h3-10H,1-2H3,(H2,19,24)(H,21,23);7-8,10H,1-6H2. The maximum absolute atomic E-state index is 9.37. The SMILES string of the molecule is Cc1ccncc1-c1cc2cc(Nc3cnn(C)c3)ncc2c(N)n1.OC1CCCN(C2COC2)C1. The highest BCUT2D eigenvalue weighted by Gasteiger charge is 2.29. The van der Waals surface area contributed by atoms with Gasteiger partial charge in [0.2, 0.25) is 0 Å². The van der Waals surface area contributed by atoms with Crippen molar-refractivity contribution in [1.82, 2.24) is 29.6 Å². The molecule has 0 amide bonds. The third-order valence-corrected chi connectivity index (χ3v) is 6.60. The van der Waals surface area contributed by atoms with E-state index >= 15 is 0 Å². The number of nitrogen functional groups attached to an aromatic ring is 1. The molecule has 6 rings (SSSR count). The van der Waals surface area contributed by atoms with Gasteiger partial charge in [-0.2, -0.15) is 5.10 Å². The maximum Gasteiger partial charge on any atom is 0.133 e. The molecule has 36 heavy (non-hydrogen) atoms. The molecule has 188 valence electrons. The minimum Gasteiger partial charge on any atom is -0.392 e. The van der Waals surface area contributed by atoms with Crippen molar-refractivity contribution in [1.29, 1.82) is 0 Å². The van der Waals surface area contributed by atoms with Crippen LogP contribution in [0.5, 0.6) is 0 Å². The Morgan fingerprint density at radius 2 is 2.06 bits per heavy atom. The molecule has 4 aromatic rings. The summed E-state index contributed by atoms with van der Waals surface area (Å²) < 4.78 is 6.83. The van der Waals surface area contributed by atoms with E-state index < -0.39 is 0 Å². The zero-order chi connectivity index (χ0) is 25.1. The fraction of sp³-hybridized carbons (Fsp3) is 0.385. The molecule has 10 heteroatoms. The number of aliphatic hydroxyl groups is 1. The number of hydrogen-bond acceptors (Lipinski definition) is 9. The number of likely N-dealkylation sites (tertiary alicyclic amines) is 1. The average molecular weight is 489 g/mol. The van der Waals surface area contributed by atoms with Gasteiger partial charge in [0.25, 0.3) is 0 Å². The molecule has 2 saturated heterocycles. The summed E-state index contributed by atoms with van der Waals surface area (Å²) in [5, 5.41) is 18.5. The first-order chi connectivity index (χ1) is 17.5. The molecule has 0 aromatic carbocycles. The van der Waals surface area contributed by atoms with Gasteiger partial charge in [-0.15, -0.1) is 0 Å². The molecule has 0 radical (unpaired) electrons. The van der Waals surface area contributed by atoms with Crippen LogP contribution >= 0.6 is 0 Å². The topological polar surface area (TPSA) is 127 Å². The van der Waals surface area contributed by atoms with Crippen LogP contribution in [0.15, 0.2) is 49.2 Å². The summed E-state index contributed by atoms with van der Waals surface area (Å²) in [6.45, 7) is 5.76. The fourth-order valence-electron chi connectivity index (χ4n) is 4.50. The minimum absolute atomic E-state index is 0.0932. The number of fused-ring (bicyclic) bond motifs is 1. The number of rotatable bonds is 4. The molecule has 6 heterocycles. The summed E-state index contributed by atoms with van der Waals surface area (Å²) in [6.07, 6.45) is 11.0. The third-order valence-electron chi connectivity index (χ3n) is 6.60. The van der Waals surface area contributed by atoms with Gasteiger partial charge in [-0.1, -0.05) is 0 Å². The van der Waals surface area contributed by atoms with Gasteiger partial charge in [0.1, 0.15) is 11.6 Å². The van der Waals surface area contributed by atoms with Crippen molar-refractivity contribution in [3.8, 4) is 11.3 Å². The largest absolute Gasteiger partial charge is 0.392 e. The highest BCUT2D eigenvalue weighted by atomic mass is 16.5. The average Bonchev–Trinajstić information content (AvgIpc) is 3.23. The number of aliphatic hydroxyl groups excluding tert-OH is 1. The van der Waals surface area contributed by atoms with Crippen molar-refractivity contribution in [2.45, 2.75) is 31.9 Å². The number of hydrogen-bond donors (Lipinski definition) is 3. The lowest BCUT2D eigenvalue weighted by molar-refractivity contribution is -0.0851. The van der Waals surface area contributed by atoms with Gasteiger partial charge in [0, 0.05) is 49.3 Å². The first-order valence-corrected chi connectivity index (χ1v) is 12.2. The molecule has 4 N–H and O–H groups in total. The summed E-state index contributed by atoms with van der Waals surface area (Å²) in [6, 6.07) is 6.52. The lowest BCUT2D eigenvalue weighted by Gasteiger charge is -2.40. The number of pyridine rings is 3. The quantitative estimate of drug-likeness (QED) is 0.397. The molecule has 0 spiro atoms. The van der Waals surface area contributed by atoms with E-state index in [9.17, 15) is 5.11 Å². The molecule has 2 aliphatic rings. The summed E-state index contributed by atoms with van der Waals surface area (Å²) in [5.41, 5.74) is 9.89. The van der Waals surface area contributed by atoms with E-state index in [0.29, 0.717) is 11.9 Å². The van der Waals surface area contributed by atoms with Crippen LogP contribution in [-0.2, 0) is 11.8 Å². The summed E-state index contributed by atoms with van der Waals surface area (Å²) in [4.78, 5) is 15.5. The first-order valence-electron chi connectivity index (χ1n) is 12.2. The van der Waals surface area contributed by atoms with Crippen LogP contribution in [0, 0.1) is 6.92 Å². The molecule has 10 nitrogen and oxygen atoms in total. The van der Waals surface area contributed by atoms with Crippen LogP contribution in [0.2, 0.25) is 0 Å². The molecule has 0 bridgehead atoms. The maximum atomic E-state index is 9.37. The van der Waals surface area contributed by atoms with E-state index in [4.69, 9.17) is 10.5 Å². The number of aromatic nitrogens is 5. The van der Waals surface area contributed by atoms with E-state index in [0.717, 1.165) is 78.2 Å². The summed E-state index contributed by atoms with van der Waals surface area (Å²) >= 11 is 0. The highest BCUT2D eigenvalue weighted by Crippen LogP contribution is 2.29. The van der Waals surface area contributed by atoms with Crippen LogP contribution in [-0.4, -0.2) is 73.2 Å². The van der Waals surface area contributed by atoms with Gasteiger partial charge in [0.15, 0.2) is 0 Å². The monoisotopic (exact) mass is 488 g/mol. The molecule has 0 saturated carbocycles. The normalized spacial score (nSPS) is 18.4. The van der Waals surface area contributed by atoms with E-state index in [2.05, 4.69) is 30.3 Å². The van der Waals surface area contributed by atoms with Crippen LogP contribution in [0.25, 0.3) is 22.0 Å². The first kappa shape index (κ1) is 24.1. The van der Waals surface area contributed by atoms with Gasteiger partial charge < -0.3 is 20.9 Å². The number of nitrogens with one attached hydrogen (secondary N) is 1. The van der Waals surface area contributed by atoms with E-state index in [1.807, 2.05) is 38.4 Å². The number of aryl methyl sites for hydroxylation is 2. The fourth-order valence-corrected chi connectivity index (χ4v) is 4.50. The molecular formula is C26H32N8O2. The Hall–Kier alpha value is -3.60. The molecule has 2 fully saturated rings. The van der Waals surface area contributed by atoms with Crippen molar-refractivity contribution < 1.29 is 9.84 Å². The van der Waals surface area contributed by atoms with Crippen LogP contribution < -0.4 is 11.1 Å². The second-order valence-corrected chi connectivity index (χ2v) is 9.38. The molecule has 2 aliphatic heterocycles. The second kappa shape index (κ2) is 10.6. The molecule has 1 atom stereocenters. The summed E-state index contributed by atoms with van der Waals surface area (Å²) in [7, 11) is 1.87. The Kier molecular flexibility index (Phi) is 7.08. The van der Waals surface area contributed by atoms with Crippen molar-refractivity contribution in [2.24, 2.45) is 7.05 Å². The van der Waals surface area contributed by atoms with E-state index in [1.165, 1.54) is 0 Å². The highest BCUT2D eigenvalue weighted by molar-refractivity contribution is 5.94. The number of nitrogens with two attached hydrogens (primary N) is 1. The smallest absolute Gasteiger partial charge is 0.133 e. The van der Waals surface area contributed by atoms with Crippen LogP contribution in [0.3, 0.4) is 0 Å². The van der Waals surface area contributed by atoms with Gasteiger partial charge in [0.05, 0.1) is 42.9 Å². The Labute approximate surface area is 210 Å². The summed E-state index contributed by atoms with van der Waals surface area (Å²) in [5.74, 6) is 1.18. The van der Waals surface area contributed by atoms with Crippen LogP contribution in [0.4, 0.5) is 17.3 Å². The van der Waals surface area contributed by atoms with Crippen molar-refractivity contribution in [3.63, 3.8) is 0 Å². The predicted molar refractivity (Wildman–Crippen MR) is 140 cm³/mol. The van der Waals surface area contributed by atoms with E-state index in [-0.39, 0.29) is 6.10 Å². The lowest BCUT2D eigenvalue weighted by atomic mass is 10.1. The van der Waals surface area contributed by atoms with Crippen molar-refractivity contribution >= 4 is 28.1 Å². The Morgan fingerprint density at radius 3 is 2.75 bits per heavy atom. The predicted octanol–water partition coefficient (Wildman–Crippen LogP) is 2.90. The molecule has 0 aliphatic carbocycles.